The van der Waals surface area contributed by atoms with Gasteiger partial charge in [0.25, 0.3) is 11.8 Å². The van der Waals surface area contributed by atoms with Crippen molar-refractivity contribution in [2.45, 2.75) is 41.0 Å². The topological polar surface area (TPSA) is 46.6 Å². The smallest absolute Gasteiger partial charge is 0.268 e. The van der Waals surface area contributed by atoms with E-state index in [0.29, 0.717) is 18.5 Å². The maximum atomic E-state index is 12.6. The van der Waals surface area contributed by atoms with E-state index in [1.54, 1.807) is 13.2 Å². The molecular weight excluding hydrogens is 338 g/mol. The molecule has 0 N–H and O–H groups in total. The van der Waals surface area contributed by atoms with Gasteiger partial charge in [0.1, 0.15) is 5.75 Å². The molecule has 0 spiro atoms. The van der Waals surface area contributed by atoms with Crippen LogP contribution in [-0.4, -0.2) is 30.4 Å². The van der Waals surface area contributed by atoms with Crippen LogP contribution in [0.1, 0.15) is 43.9 Å². The van der Waals surface area contributed by atoms with Crippen molar-refractivity contribution >= 4 is 17.9 Å². The summed E-state index contributed by atoms with van der Waals surface area (Å²) in [5, 5.41) is 0. The van der Waals surface area contributed by atoms with Crippen molar-refractivity contribution in [2.24, 2.45) is 5.41 Å². The van der Waals surface area contributed by atoms with Crippen LogP contribution < -0.4 is 4.74 Å². The second-order valence-corrected chi connectivity index (χ2v) is 7.70. The summed E-state index contributed by atoms with van der Waals surface area (Å²) < 4.78 is 5.37. The van der Waals surface area contributed by atoms with E-state index in [9.17, 15) is 9.59 Å². The SMILES string of the molecule is COc1cc(/C=C/C(=O)N2CCC=C(C#CC(C)(C)C)C2=O)cc(C)c1C. The van der Waals surface area contributed by atoms with Crippen LogP contribution in [0, 0.1) is 31.1 Å². The Morgan fingerprint density at radius 1 is 1.26 bits per heavy atom. The van der Waals surface area contributed by atoms with E-state index in [-0.39, 0.29) is 17.2 Å². The molecule has 2 amide bonds. The highest BCUT2D eigenvalue weighted by atomic mass is 16.5. The zero-order valence-electron chi connectivity index (χ0n) is 17.0. The van der Waals surface area contributed by atoms with Crippen molar-refractivity contribution in [1.29, 1.82) is 0 Å². The van der Waals surface area contributed by atoms with Crippen LogP contribution in [0.15, 0.2) is 29.9 Å². The number of aryl methyl sites for hydroxylation is 1. The number of hydrogen-bond acceptors (Lipinski definition) is 3. The van der Waals surface area contributed by atoms with Gasteiger partial charge in [-0.25, -0.2) is 0 Å². The van der Waals surface area contributed by atoms with Crippen LogP contribution in [0.5, 0.6) is 5.75 Å². The van der Waals surface area contributed by atoms with E-state index in [2.05, 4.69) is 11.8 Å². The monoisotopic (exact) mass is 365 g/mol. The van der Waals surface area contributed by atoms with Crippen molar-refractivity contribution in [3.63, 3.8) is 0 Å². The zero-order chi connectivity index (χ0) is 20.2. The van der Waals surface area contributed by atoms with E-state index in [1.807, 2.05) is 52.8 Å². The number of hydrogen-bond donors (Lipinski definition) is 0. The minimum Gasteiger partial charge on any atom is -0.496 e. The number of imide groups is 1. The molecule has 1 heterocycles. The van der Waals surface area contributed by atoms with Crippen LogP contribution in [-0.2, 0) is 9.59 Å². The molecule has 1 aliphatic heterocycles. The van der Waals surface area contributed by atoms with Gasteiger partial charge in [-0.3, -0.25) is 14.5 Å². The van der Waals surface area contributed by atoms with Gasteiger partial charge in [-0.15, -0.1) is 0 Å². The third kappa shape index (κ3) is 5.34. The van der Waals surface area contributed by atoms with Crippen LogP contribution in [0.3, 0.4) is 0 Å². The normalized spacial score (nSPS) is 14.7. The second kappa shape index (κ2) is 8.26. The minimum atomic E-state index is -0.333. The summed E-state index contributed by atoms with van der Waals surface area (Å²) in [7, 11) is 1.62. The van der Waals surface area contributed by atoms with Crippen LogP contribution in [0.4, 0.5) is 0 Å². The number of carbonyl (C=O) groups is 2. The summed E-state index contributed by atoms with van der Waals surface area (Å²) in [6.07, 6.45) is 5.57. The Balaban J connectivity index is 2.17. The van der Waals surface area contributed by atoms with Crippen LogP contribution in [0.25, 0.3) is 6.08 Å². The molecule has 4 heteroatoms. The Hall–Kier alpha value is -2.80. The van der Waals surface area contributed by atoms with Crippen LogP contribution >= 0.6 is 0 Å². The number of benzene rings is 1. The lowest BCUT2D eigenvalue weighted by Gasteiger charge is -2.22. The summed E-state index contributed by atoms with van der Waals surface area (Å²) in [5.74, 6) is 6.10. The van der Waals surface area contributed by atoms with Gasteiger partial charge in [0.2, 0.25) is 0 Å². The fourth-order valence-corrected chi connectivity index (χ4v) is 2.66. The molecule has 142 valence electrons. The van der Waals surface area contributed by atoms with Gasteiger partial charge in [0.15, 0.2) is 0 Å². The first-order valence-electron chi connectivity index (χ1n) is 9.05. The first kappa shape index (κ1) is 20.5. The number of nitrogens with zero attached hydrogens (tertiary/aromatic N) is 1. The van der Waals surface area contributed by atoms with E-state index in [4.69, 9.17) is 4.74 Å². The van der Waals surface area contributed by atoms with E-state index in [0.717, 1.165) is 22.4 Å². The number of ether oxygens (including phenoxy) is 1. The quantitative estimate of drug-likeness (QED) is 0.599. The highest BCUT2D eigenvalue weighted by Crippen LogP contribution is 2.24. The molecule has 4 nitrogen and oxygen atoms in total. The Bertz CT molecular complexity index is 873. The third-order valence-corrected chi connectivity index (χ3v) is 4.30. The first-order chi connectivity index (χ1) is 12.6. The Labute approximate surface area is 161 Å². The minimum absolute atomic E-state index is 0.199. The maximum Gasteiger partial charge on any atom is 0.268 e. The first-order valence-corrected chi connectivity index (χ1v) is 9.05. The molecule has 0 bridgehead atoms. The highest BCUT2D eigenvalue weighted by Gasteiger charge is 2.25. The molecule has 2 rings (SSSR count). The largest absolute Gasteiger partial charge is 0.496 e. The fraction of sp³-hybridized carbons (Fsp3) is 0.391. The molecule has 1 aromatic rings. The molecule has 27 heavy (non-hydrogen) atoms. The van der Waals surface area contributed by atoms with Crippen molar-refractivity contribution in [2.75, 3.05) is 13.7 Å². The molecule has 0 saturated heterocycles. The number of methoxy groups -OCH3 is 1. The van der Waals surface area contributed by atoms with Gasteiger partial charge in [-0.05, 0) is 69.9 Å². The summed E-state index contributed by atoms with van der Waals surface area (Å²) in [4.78, 5) is 26.4. The Morgan fingerprint density at radius 3 is 2.59 bits per heavy atom. The third-order valence-electron chi connectivity index (χ3n) is 4.30. The van der Waals surface area contributed by atoms with Crippen LogP contribution in [0.2, 0.25) is 0 Å². The van der Waals surface area contributed by atoms with Gasteiger partial charge < -0.3 is 4.74 Å². The van der Waals surface area contributed by atoms with E-state index >= 15 is 0 Å². The Kier molecular flexibility index (Phi) is 6.28. The molecule has 0 fully saturated rings. The molecule has 0 radical (unpaired) electrons. The fourth-order valence-electron chi connectivity index (χ4n) is 2.66. The second-order valence-electron chi connectivity index (χ2n) is 7.70. The molecule has 1 aliphatic rings. The highest BCUT2D eigenvalue weighted by molar-refractivity contribution is 6.11. The molecule has 1 aromatic carbocycles. The summed E-state index contributed by atoms with van der Waals surface area (Å²) in [6.45, 7) is 10.3. The zero-order valence-corrected chi connectivity index (χ0v) is 17.0. The molecule has 0 unspecified atom stereocenters. The predicted molar refractivity (Wildman–Crippen MR) is 108 cm³/mol. The summed E-state index contributed by atoms with van der Waals surface area (Å²) in [6, 6.07) is 3.87. The van der Waals surface area contributed by atoms with Gasteiger partial charge in [-0.1, -0.05) is 24.0 Å². The average Bonchev–Trinajstić information content (AvgIpc) is 2.60. The van der Waals surface area contributed by atoms with Crippen molar-refractivity contribution < 1.29 is 14.3 Å². The van der Waals surface area contributed by atoms with Crippen molar-refractivity contribution in [1.82, 2.24) is 4.90 Å². The molecule has 0 aliphatic carbocycles. The van der Waals surface area contributed by atoms with Gasteiger partial charge in [0.05, 0.1) is 12.7 Å². The molecule has 0 atom stereocenters. The molecule has 0 saturated carbocycles. The summed E-state index contributed by atoms with van der Waals surface area (Å²) >= 11 is 0. The lowest BCUT2D eigenvalue weighted by molar-refractivity contribution is -0.139. The van der Waals surface area contributed by atoms with Crippen molar-refractivity contribution in [3.05, 3.63) is 46.5 Å². The van der Waals surface area contributed by atoms with Gasteiger partial charge in [0, 0.05) is 18.0 Å². The number of carbonyl (C=O) groups excluding carboxylic acids is 2. The summed E-state index contributed by atoms with van der Waals surface area (Å²) in [5.41, 5.74) is 3.20. The maximum absolute atomic E-state index is 12.6. The Morgan fingerprint density at radius 2 is 1.96 bits per heavy atom. The lowest BCUT2D eigenvalue weighted by atomic mass is 9.97. The van der Waals surface area contributed by atoms with E-state index < -0.39 is 0 Å². The van der Waals surface area contributed by atoms with Crippen molar-refractivity contribution in [3.8, 4) is 17.6 Å². The lowest BCUT2D eigenvalue weighted by Crippen LogP contribution is -2.39. The molecular formula is C23H27NO3. The average molecular weight is 365 g/mol. The molecule has 0 aromatic heterocycles. The van der Waals surface area contributed by atoms with Gasteiger partial charge >= 0.3 is 0 Å². The number of amides is 2. The standard InChI is InChI=1S/C23H27NO3/c1-16-14-18(15-20(27-6)17(16)2)9-10-21(25)24-13-7-8-19(22(24)26)11-12-23(3,4)5/h8-10,14-15H,7,13H2,1-6H3/b10-9+. The van der Waals surface area contributed by atoms with E-state index in [1.165, 1.54) is 11.0 Å². The van der Waals surface area contributed by atoms with Gasteiger partial charge in [-0.2, -0.15) is 0 Å². The number of rotatable bonds is 3. The predicted octanol–water partition coefficient (Wildman–Crippen LogP) is 4.06.